The molecule has 20 heavy (non-hydrogen) atoms. The van der Waals surface area contributed by atoms with Gasteiger partial charge in [-0.1, -0.05) is 27.2 Å². The van der Waals surface area contributed by atoms with Crippen molar-refractivity contribution in [2.45, 2.75) is 60.0 Å². The Labute approximate surface area is 124 Å². The first kappa shape index (κ1) is 17.0. The van der Waals surface area contributed by atoms with Crippen molar-refractivity contribution in [2.24, 2.45) is 5.92 Å². The molecule has 0 aliphatic carbocycles. The van der Waals surface area contributed by atoms with Crippen molar-refractivity contribution in [1.82, 2.24) is 10.3 Å². The molecule has 0 aliphatic heterocycles. The molecular formula is C17H31N3. The van der Waals surface area contributed by atoms with Crippen molar-refractivity contribution in [3.8, 4) is 0 Å². The lowest BCUT2D eigenvalue weighted by atomic mass is 10.1. The second-order valence-electron chi connectivity index (χ2n) is 6.30. The first-order chi connectivity index (χ1) is 9.43. The normalized spacial score (nSPS) is 11.4. The minimum absolute atomic E-state index is 0.468. The minimum atomic E-state index is 0.468. The van der Waals surface area contributed by atoms with Crippen LogP contribution in [0.25, 0.3) is 0 Å². The smallest absolute Gasteiger partial charge is 0.129 e. The van der Waals surface area contributed by atoms with Crippen LogP contribution in [0.2, 0.25) is 0 Å². The second-order valence-corrected chi connectivity index (χ2v) is 6.30. The molecule has 1 aromatic heterocycles. The highest BCUT2D eigenvalue weighted by Crippen LogP contribution is 2.17. The molecule has 0 aromatic carbocycles. The third-order valence-corrected chi connectivity index (χ3v) is 3.45. The third-order valence-electron chi connectivity index (χ3n) is 3.45. The molecule has 0 saturated heterocycles. The zero-order valence-electron chi connectivity index (χ0n) is 14.0. The SMILES string of the molecule is CCCc1cc(CNCC(C)C)cc(N(C)C(C)C)n1. The number of rotatable bonds is 8. The van der Waals surface area contributed by atoms with E-state index in [0.717, 1.165) is 31.7 Å². The van der Waals surface area contributed by atoms with E-state index in [2.05, 4.69) is 64.0 Å². The fraction of sp³-hybridized carbons (Fsp3) is 0.706. The lowest BCUT2D eigenvalue weighted by Crippen LogP contribution is -2.27. The summed E-state index contributed by atoms with van der Waals surface area (Å²) in [5.74, 6) is 1.78. The molecule has 1 aromatic rings. The van der Waals surface area contributed by atoms with Crippen molar-refractivity contribution in [3.63, 3.8) is 0 Å². The summed E-state index contributed by atoms with van der Waals surface area (Å²) in [6.07, 6.45) is 2.19. The Hall–Kier alpha value is -1.09. The van der Waals surface area contributed by atoms with Crippen LogP contribution in [0.1, 0.15) is 52.3 Å². The van der Waals surface area contributed by atoms with Crippen LogP contribution < -0.4 is 10.2 Å². The van der Waals surface area contributed by atoms with Crippen molar-refractivity contribution >= 4 is 5.82 Å². The largest absolute Gasteiger partial charge is 0.357 e. The zero-order valence-corrected chi connectivity index (χ0v) is 14.0. The molecule has 0 unspecified atom stereocenters. The Morgan fingerprint density at radius 3 is 2.45 bits per heavy atom. The summed E-state index contributed by atoms with van der Waals surface area (Å²) in [7, 11) is 2.12. The minimum Gasteiger partial charge on any atom is -0.357 e. The fourth-order valence-corrected chi connectivity index (χ4v) is 2.07. The monoisotopic (exact) mass is 277 g/mol. The van der Waals surface area contributed by atoms with Gasteiger partial charge in [0.05, 0.1) is 0 Å². The van der Waals surface area contributed by atoms with E-state index in [4.69, 9.17) is 4.98 Å². The standard InChI is InChI=1S/C17H31N3/c1-7-8-16-9-15(12-18-11-13(2)3)10-17(19-16)20(6)14(4)5/h9-10,13-14,18H,7-8,11-12H2,1-6H3. The van der Waals surface area contributed by atoms with Gasteiger partial charge in [0.1, 0.15) is 5.82 Å². The average molecular weight is 277 g/mol. The molecule has 0 fully saturated rings. The Bertz CT molecular complexity index is 399. The number of aryl methyl sites for hydroxylation is 1. The van der Waals surface area contributed by atoms with Gasteiger partial charge in [0.2, 0.25) is 0 Å². The zero-order chi connectivity index (χ0) is 15.1. The number of hydrogen-bond donors (Lipinski definition) is 1. The van der Waals surface area contributed by atoms with E-state index in [1.165, 1.54) is 11.3 Å². The first-order valence-electron chi connectivity index (χ1n) is 7.87. The van der Waals surface area contributed by atoms with E-state index in [1.54, 1.807) is 0 Å². The number of nitrogens with one attached hydrogen (secondary N) is 1. The number of aromatic nitrogens is 1. The number of anilines is 1. The maximum Gasteiger partial charge on any atom is 0.129 e. The molecule has 1 heterocycles. The summed E-state index contributed by atoms with van der Waals surface area (Å²) in [5.41, 5.74) is 2.55. The Morgan fingerprint density at radius 1 is 1.20 bits per heavy atom. The van der Waals surface area contributed by atoms with Crippen molar-refractivity contribution in [1.29, 1.82) is 0 Å². The summed E-state index contributed by atoms with van der Waals surface area (Å²) in [5, 5.41) is 3.52. The van der Waals surface area contributed by atoms with Crippen LogP contribution in [0, 0.1) is 5.92 Å². The van der Waals surface area contributed by atoms with Gasteiger partial charge in [-0.25, -0.2) is 4.98 Å². The molecule has 0 amide bonds. The highest BCUT2D eigenvalue weighted by Gasteiger charge is 2.09. The summed E-state index contributed by atoms with van der Waals surface area (Å²) in [6.45, 7) is 13.1. The molecule has 3 nitrogen and oxygen atoms in total. The van der Waals surface area contributed by atoms with Gasteiger partial charge in [0.25, 0.3) is 0 Å². The molecule has 3 heteroatoms. The molecule has 114 valence electrons. The Kier molecular flexibility index (Phi) is 7.00. The summed E-state index contributed by atoms with van der Waals surface area (Å²) >= 11 is 0. The van der Waals surface area contributed by atoms with Crippen molar-refractivity contribution in [3.05, 3.63) is 23.4 Å². The topological polar surface area (TPSA) is 28.2 Å². The van der Waals surface area contributed by atoms with E-state index >= 15 is 0 Å². The van der Waals surface area contributed by atoms with Gasteiger partial charge in [0, 0.05) is 25.3 Å². The predicted molar refractivity (Wildman–Crippen MR) is 88.3 cm³/mol. The van der Waals surface area contributed by atoms with E-state index in [9.17, 15) is 0 Å². The third kappa shape index (κ3) is 5.49. The van der Waals surface area contributed by atoms with Crippen LogP contribution in [-0.4, -0.2) is 24.6 Å². The Balaban J connectivity index is 2.86. The molecule has 0 aliphatic rings. The predicted octanol–water partition coefficient (Wildman–Crippen LogP) is 3.62. The van der Waals surface area contributed by atoms with E-state index < -0.39 is 0 Å². The molecule has 1 rings (SSSR count). The van der Waals surface area contributed by atoms with E-state index in [1.807, 2.05) is 0 Å². The van der Waals surface area contributed by atoms with E-state index in [-0.39, 0.29) is 0 Å². The van der Waals surface area contributed by atoms with Crippen LogP contribution in [0.5, 0.6) is 0 Å². The first-order valence-corrected chi connectivity index (χ1v) is 7.87. The lowest BCUT2D eigenvalue weighted by molar-refractivity contribution is 0.552. The van der Waals surface area contributed by atoms with Crippen LogP contribution in [0.3, 0.4) is 0 Å². The van der Waals surface area contributed by atoms with Gasteiger partial charge >= 0.3 is 0 Å². The van der Waals surface area contributed by atoms with Crippen LogP contribution in [-0.2, 0) is 13.0 Å². The summed E-state index contributed by atoms with van der Waals surface area (Å²) < 4.78 is 0. The molecule has 1 N–H and O–H groups in total. The summed E-state index contributed by atoms with van der Waals surface area (Å²) in [4.78, 5) is 7.03. The Morgan fingerprint density at radius 2 is 1.90 bits per heavy atom. The average Bonchev–Trinajstić information content (AvgIpc) is 2.37. The van der Waals surface area contributed by atoms with Gasteiger partial charge in [-0.3, -0.25) is 0 Å². The fourth-order valence-electron chi connectivity index (χ4n) is 2.07. The quantitative estimate of drug-likeness (QED) is 0.786. The van der Waals surface area contributed by atoms with Gasteiger partial charge in [-0.05, 0) is 50.4 Å². The number of nitrogens with zero attached hydrogens (tertiary/aromatic N) is 2. The van der Waals surface area contributed by atoms with Gasteiger partial charge in [-0.15, -0.1) is 0 Å². The number of pyridine rings is 1. The van der Waals surface area contributed by atoms with Crippen molar-refractivity contribution in [2.75, 3.05) is 18.5 Å². The highest BCUT2D eigenvalue weighted by atomic mass is 15.2. The van der Waals surface area contributed by atoms with Gasteiger partial charge in [-0.2, -0.15) is 0 Å². The van der Waals surface area contributed by atoms with Gasteiger partial charge < -0.3 is 10.2 Å². The number of hydrogen-bond acceptors (Lipinski definition) is 3. The molecule has 0 spiro atoms. The van der Waals surface area contributed by atoms with Crippen LogP contribution >= 0.6 is 0 Å². The lowest BCUT2D eigenvalue weighted by Gasteiger charge is -2.24. The van der Waals surface area contributed by atoms with Crippen LogP contribution in [0.15, 0.2) is 12.1 Å². The van der Waals surface area contributed by atoms with Crippen molar-refractivity contribution < 1.29 is 0 Å². The second kappa shape index (κ2) is 8.25. The molecule has 0 saturated carbocycles. The summed E-state index contributed by atoms with van der Waals surface area (Å²) in [6, 6.07) is 4.93. The van der Waals surface area contributed by atoms with E-state index in [0.29, 0.717) is 12.0 Å². The molecule has 0 radical (unpaired) electrons. The molecule has 0 bridgehead atoms. The molecule has 0 atom stereocenters. The van der Waals surface area contributed by atoms with Crippen LogP contribution in [0.4, 0.5) is 5.82 Å². The highest BCUT2D eigenvalue weighted by molar-refractivity contribution is 5.42. The van der Waals surface area contributed by atoms with Gasteiger partial charge in [0.15, 0.2) is 0 Å². The maximum atomic E-state index is 4.79. The molecular weight excluding hydrogens is 246 g/mol. The maximum absolute atomic E-state index is 4.79.